The third-order valence-corrected chi connectivity index (χ3v) is 2.19. The zero-order chi connectivity index (χ0) is 15.1. The van der Waals surface area contributed by atoms with Gasteiger partial charge in [0.25, 0.3) is 5.91 Å². The van der Waals surface area contributed by atoms with Gasteiger partial charge in [-0.3, -0.25) is 14.4 Å². The third-order valence-electron chi connectivity index (χ3n) is 2.19. The summed E-state index contributed by atoms with van der Waals surface area (Å²) in [6.07, 6.45) is 5.07. The quantitative estimate of drug-likeness (QED) is 0.714. The Balaban J connectivity index is 3.08. The highest BCUT2D eigenvalue weighted by Gasteiger charge is 2.09. The smallest absolute Gasteiger partial charge is 0.252 e. The summed E-state index contributed by atoms with van der Waals surface area (Å²) < 4.78 is 0. The summed E-state index contributed by atoms with van der Waals surface area (Å²) in [5, 5.41) is 7.63. The topological polar surface area (TPSA) is 87.3 Å². The summed E-state index contributed by atoms with van der Waals surface area (Å²) in [5.74, 6) is 1.35. The van der Waals surface area contributed by atoms with Crippen LogP contribution < -0.4 is 16.0 Å². The number of hydrogen-bond acceptors (Lipinski definition) is 3. The van der Waals surface area contributed by atoms with Crippen molar-refractivity contribution in [2.75, 3.05) is 17.2 Å². The van der Waals surface area contributed by atoms with E-state index in [-0.39, 0.29) is 29.8 Å². The van der Waals surface area contributed by atoms with Crippen molar-refractivity contribution < 1.29 is 14.4 Å². The minimum atomic E-state index is -0.387. The van der Waals surface area contributed by atoms with Crippen LogP contribution >= 0.6 is 0 Å². The van der Waals surface area contributed by atoms with Crippen LogP contribution in [0.25, 0.3) is 0 Å². The largest absolute Gasteiger partial charge is 0.341 e. The highest BCUT2D eigenvalue weighted by atomic mass is 16.2. The predicted octanol–water partition coefficient (Wildman–Crippen LogP) is 0.966. The Hall–Kier alpha value is -2.81. The van der Waals surface area contributed by atoms with Gasteiger partial charge in [-0.1, -0.05) is 5.92 Å². The molecule has 6 heteroatoms. The molecule has 1 aromatic carbocycles. The van der Waals surface area contributed by atoms with Crippen LogP contribution in [-0.2, 0) is 9.59 Å². The summed E-state index contributed by atoms with van der Waals surface area (Å²) in [6.45, 7) is 2.80. The molecule has 1 aromatic rings. The van der Waals surface area contributed by atoms with E-state index in [2.05, 4.69) is 21.9 Å². The van der Waals surface area contributed by atoms with Crippen molar-refractivity contribution >= 4 is 29.1 Å². The first kappa shape index (κ1) is 15.2. The van der Waals surface area contributed by atoms with Crippen LogP contribution in [0.1, 0.15) is 24.2 Å². The van der Waals surface area contributed by atoms with Crippen LogP contribution in [0.15, 0.2) is 18.2 Å². The maximum Gasteiger partial charge on any atom is 0.252 e. The molecule has 0 aliphatic heterocycles. The molecule has 0 heterocycles. The Labute approximate surface area is 116 Å². The normalized spacial score (nSPS) is 9.25. The average molecular weight is 273 g/mol. The van der Waals surface area contributed by atoms with Gasteiger partial charge in [0.2, 0.25) is 11.8 Å². The van der Waals surface area contributed by atoms with Gasteiger partial charge in [-0.2, -0.15) is 0 Å². The van der Waals surface area contributed by atoms with E-state index in [1.54, 1.807) is 6.07 Å². The Morgan fingerprint density at radius 1 is 1.05 bits per heavy atom. The SMILES string of the molecule is C#CCNC(=O)c1cc(NC(C)=O)cc(NC(C)=O)c1. The molecule has 104 valence electrons. The first-order valence-corrected chi connectivity index (χ1v) is 5.84. The van der Waals surface area contributed by atoms with Gasteiger partial charge in [-0.25, -0.2) is 0 Å². The number of terminal acetylenes is 1. The first-order chi connectivity index (χ1) is 9.42. The lowest BCUT2D eigenvalue weighted by molar-refractivity contribution is -0.115. The monoisotopic (exact) mass is 273 g/mol. The van der Waals surface area contributed by atoms with Crippen molar-refractivity contribution in [3.63, 3.8) is 0 Å². The lowest BCUT2D eigenvalue weighted by Crippen LogP contribution is -2.24. The molecular formula is C14H15N3O3. The summed E-state index contributed by atoms with van der Waals surface area (Å²) in [4.78, 5) is 34.0. The van der Waals surface area contributed by atoms with E-state index in [0.717, 1.165) is 0 Å². The van der Waals surface area contributed by atoms with Crippen molar-refractivity contribution in [3.8, 4) is 12.3 Å². The van der Waals surface area contributed by atoms with E-state index >= 15 is 0 Å². The minimum absolute atomic E-state index is 0.0959. The lowest BCUT2D eigenvalue weighted by Gasteiger charge is -2.10. The minimum Gasteiger partial charge on any atom is -0.341 e. The number of rotatable bonds is 4. The number of carbonyl (C=O) groups is 3. The molecule has 0 saturated carbocycles. The fourth-order valence-corrected chi connectivity index (χ4v) is 1.54. The van der Waals surface area contributed by atoms with Crippen molar-refractivity contribution in [1.29, 1.82) is 0 Å². The molecule has 0 aromatic heterocycles. The maximum absolute atomic E-state index is 11.8. The Bertz CT molecular complexity index is 554. The first-order valence-electron chi connectivity index (χ1n) is 5.84. The van der Waals surface area contributed by atoms with Gasteiger partial charge in [0, 0.05) is 30.8 Å². The molecule has 0 fully saturated rings. The van der Waals surface area contributed by atoms with Gasteiger partial charge in [-0.15, -0.1) is 6.42 Å². The standard InChI is InChI=1S/C14H15N3O3/c1-4-5-15-14(20)11-6-12(16-9(2)18)8-13(7-11)17-10(3)19/h1,6-8H,5H2,2-3H3,(H,15,20)(H,16,18)(H,17,19). The Kier molecular flexibility index (Phi) is 5.30. The molecule has 0 atom stereocenters. The highest BCUT2D eigenvalue weighted by molar-refractivity contribution is 6.00. The second-order valence-corrected chi connectivity index (χ2v) is 4.05. The van der Waals surface area contributed by atoms with E-state index in [1.807, 2.05) is 0 Å². The molecule has 0 bridgehead atoms. The van der Waals surface area contributed by atoms with Crippen LogP contribution in [0.4, 0.5) is 11.4 Å². The molecule has 6 nitrogen and oxygen atoms in total. The van der Waals surface area contributed by atoms with E-state index in [4.69, 9.17) is 6.42 Å². The van der Waals surface area contributed by atoms with Crippen LogP contribution in [0.3, 0.4) is 0 Å². The van der Waals surface area contributed by atoms with Crippen LogP contribution in [0, 0.1) is 12.3 Å². The van der Waals surface area contributed by atoms with Crippen molar-refractivity contribution in [2.45, 2.75) is 13.8 Å². The van der Waals surface area contributed by atoms with Crippen LogP contribution in [-0.4, -0.2) is 24.3 Å². The molecule has 0 spiro atoms. The van der Waals surface area contributed by atoms with Crippen LogP contribution in [0.2, 0.25) is 0 Å². The van der Waals surface area contributed by atoms with Gasteiger partial charge in [0.05, 0.1) is 6.54 Å². The predicted molar refractivity (Wildman–Crippen MR) is 76.2 cm³/mol. The van der Waals surface area contributed by atoms with E-state index < -0.39 is 0 Å². The fourth-order valence-electron chi connectivity index (χ4n) is 1.54. The third kappa shape index (κ3) is 4.82. The molecule has 0 aliphatic carbocycles. The summed E-state index contributed by atoms with van der Waals surface area (Å²) in [7, 11) is 0. The Morgan fingerprint density at radius 2 is 1.55 bits per heavy atom. The summed E-state index contributed by atoms with van der Waals surface area (Å²) >= 11 is 0. The number of nitrogens with one attached hydrogen (secondary N) is 3. The molecule has 0 saturated heterocycles. The molecule has 3 N–H and O–H groups in total. The van der Waals surface area contributed by atoms with Gasteiger partial charge in [-0.05, 0) is 18.2 Å². The van der Waals surface area contributed by atoms with Crippen molar-refractivity contribution in [3.05, 3.63) is 23.8 Å². The second-order valence-electron chi connectivity index (χ2n) is 4.05. The molecule has 20 heavy (non-hydrogen) atoms. The van der Waals surface area contributed by atoms with Gasteiger partial charge in [0.1, 0.15) is 0 Å². The number of hydrogen-bond donors (Lipinski definition) is 3. The zero-order valence-corrected chi connectivity index (χ0v) is 11.2. The van der Waals surface area contributed by atoms with E-state index in [0.29, 0.717) is 11.4 Å². The number of benzene rings is 1. The molecule has 3 amide bonds. The molecule has 0 aliphatic rings. The average Bonchev–Trinajstić information content (AvgIpc) is 2.33. The van der Waals surface area contributed by atoms with Crippen molar-refractivity contribution in [1.82, 2.24) is 5.32 Å². The number of carbonyl (C=O) groups excluding carboxylic acids is 3. The van der Waals surface area contributed by atoms with Crippen molar-refractivity contribution in [2.24, 2.45) is 0 Å². The van der Waals surface area contributed by atoms with E-state index in [1.165, 1.54) is 26.0 Å². The lowest BCUT2D eigenvalue weighted by atomic mass is 10.1. The highest BCUT2D eigenvalue weighted by Crippen LogP contribution is 2.19. The number of anilines is 2. The van der Waals surface area contributed by atoms with E-state index in [9.17, 15) is 14.4 Å². The van der Waals surface area contributed by atoms with Gasteiger partial charge in [0.15, 0.2) is 0 Å². The summed E-state index contributed by atoms with van der Waals surface area (Å²) in [6, 6.07) is 4.55. The summed E-state index contributed by atoms with van der Waals surface area (Å²) in [5.41, 5.74) is 1.11. The number of amides is 3. The van der Waals surface area contributed by atoms with Crippen LogP contribution in [0.5, 0.6) is 0 Å². The molecule has 0 unspecified atom stereocenters. The maximum atomic E-state index is 11.8. The van der Waals surface area contributed by atoms with Gasteiger partial charge < -0.3 is 16.0 Å². The Morgan fingerprint density at radius 3 is 1.95 bits per heavy atom. The molecular weight excluding hydrogens is 258 g/mol. The molecule has 1 rings (SSSR count). The molecule has 0 radical (unpaired) electrons. The zero-order valence-electron chi connectivity index (χ0n) is 11.2. The second kappa shape index (κ2) is 6.95. The van der Waals surface area contributed by atoms with Gasteiger partial charge >= 0.3 is 0 Å². The fraction of sp³-hybridized carbons (Fsp3) is 0.214.